The first-order valence-corrected chi connectivity index (χ1v) is 7.97. The van der Waals surface area contributed by atoms with E-state index in [9.17, 15) is 9.90 Å². The summed E-state index contributed by atoms with van der Waals surface area (Å²) < 4.78 is 10.3. The predicted octanol–water partition coefficient (Wildman–Crippen LogP) is 3.61. The van der Waals surface area contributed by atoms with E-state index in [0.717, 1.165) is 0 Å². The molecule has 2 aromatic heterocycles. The number of aromatic hydroxyl groups is 1. The first-order chi connectivity index (χ1) is 12.6. The van der Waals surface area contributed by atoms with Crippen LogP contribution in [0.2, 0.25) is 5.02 Å². The Kier molecular flexibility index (Phi) is 3.85. The largest absolute Gasteiger partial charge is 0.506 e. The minimum absolute atomic E-state index is 0.0866. The van der Waals surface area contributed by atoms with Gasteiger partial charge in [0.15, 0.2) is 0 Å². The summed E-state index contributed by atoms with van der Waals surface area (Å²) in [5, 5.41) is 15.2. The molecule has 8 heteroatoms. The smallest absolute Gasteiger partial charge is 0.267 e. The number of nitrogens with zero attached hydrogens (tertiary/aromatic N) is 2. The van der Waals surface area contributed by atoms with Gasteiger partial charge in [0.2, 0.25) is 5.82 Å². The van der Waals surface area contributed by atoms with Gasteiger partial charge in [-0.2, -0.15) is 4.98 Å². The molecule has 4 rings (SSSR count). The summed E-state index contributed by atoms with van der Waals surface area (Å²) >= 11 is 5.97. The molecule has 0 aliphatic carbocycles. The number of benzene rings is 2. The average molecular weight is 370 g/mol. The Hall–Kier alpha value is -3.32. The third-order valence-electron chi connectivity index (χ3n) is 3.94. The molecule has 0 bridgehead atoms. The number of fused-ring (bicyclic) bond motifs is 1. The van der Waals surface area contributed by atoms with E-state index in [0.29, 0.717) is 27.2 Å². The third-order valence-corrected chi connectivity index (χ3v) is 4.17. The highest BCUT2D eigenvalue weighted by atomic mass is 35.5. The number of halogens is 1. The van der Waals surface area contributed by atoms with Gasteiger partial charge in [0, 0.05) is 16.0 Å². The second-order valence-corrected chi connectivity index (χ2v) is 5.96. The van der Waals surface area contributed by atoms with Gasteiger partial charge in [-0.1, -0.05) is 16.8 Å². The number of methoxy groups -OCH3 is 1. The number of nitrogens with one attached hydrogen (secondary N) is 1. The molecule has 0 radical (unpaired) electrons. The van der Waals surface area contributed by atoms with E-state index in [1.165, 1.54) is 0 Å². The van der Waals surface area contributed by atoms with Crippen molar-refractivity contribution in [1.29, 1.82) is 0 Å². The quantitative estimate of drug-likeness (QED) is 0.572. The van der Waals surface area contributed by atoms with Crippen molar-refractivity contribution in [3.8, 4) is 34.3 Å². The SMILES string of the molecule is COc1ccc(-c2noc(-c3c(O)c4cc(Cl)ccc4[nH]c3=O)n2)cc1. The lowest BCUT2D eigenvalue weighted by atomic mass is 10.1. The van der Waals surface area contributed by atoms with Crippen molar-refractivity contribution in [1.82, 2.24) is 15.1 Å². The summed E-state index contributed by atoms with van der Waals surface area (Å²) in [6, 6.07) is 11.8. The Morgan fingerprint density at radius 2 is 1.96 bits per heavy atom. The van der Waals surface area contributed by atoms with E-state index in [1.807, 2.05) is 0 Å². The normalized spacial score (nSPS) is 11.0. The molecule has 130 valence electrons. The minimum atomic E-state index is -0.540. The van der Waals surface area contributed by atoms with Crippen LogP contribution < -0.4 is 10.3 Å². The lowest BCUT2D eigenvalue weighted by Gasteiger charge is -2.04. The maximum absolute atomic E-state index is 12.4. The lowest BCUT2D eigenvalue weighted by molar-refractivity contribution is 0.414. The van der Waals surface area contributed by atoms with Crippen LogP contribution in [0.1, 0.15) is 0 Å². The van der Waals surface area contributed by atoms with Crippen molar-refractivity contribution in [2.75, 3.05) is 7.11 Å². The van der Waals surface area contributed by atoms with Crippen molar-refractivity contribution in [2.45, 2.75) is 0 Å². The van der Waals surface area contributed by atoms with Crippen molar-refractivity contribution < 1.29 is 14.4 Å². The number of pyridine rings is 1. The summed E-state index contributed by atoms with van der Waals surface area (Å²) in [5.41, 5.74) is 0.491. The summed E-state index contributed by atoms with van der Waals surface area (Å²) in [5.74, 6) is 0.623. The van der Waals surface area contributed by atoms with Crippen LogP contribution in [-0.4, -0.2) is 27.3 Å². The molecular formula is C18H12ClN3O4. The Morgan fingerprint density at radius 3 is 2.69 bits per heavy atom. The molecule has 2 N–H and O–H groups in total. The van der Waals surface area contributed by atoms with Crippen molar-refractivity contribution in [2.24, 2.45) is 0 Å². The topological polar surface area (TPSA) is 101 Å². The molecule has 0 saturated heterocycles. The van der Waals surface area contributed by atoms with Gasteiger partial charge >= 0.3 is 0 Å². The molecule has 0 aliphatic heterocycles. The molecule has 26 heavy (non-hydrogen) atoms. The molecule has 2 aromatic carbocycles. The van der Waals surface area contributed by atoms with Gasteiger partial charge < -0.3 is 19.4 Å². The monoisotopic (exact) mass is 369 g/mol. The van der Waals surface area contributed by atoms with Gasteiger partial charge in [-0.25, -0.2) is 0 Å². The third kappa shape index (κ3) is 2.68. The summed E-state index contributed by atoms with van der Waals surface area (Å²) in [6.07, 6.45) is 0. The second-order valence-electron chi connectivity index (χ2n) is 5.52. The fourth-order valence-corrected chi connectivity index (χ4v) is 2.80. The zero-order valence-electron chi connectivity index (χ0n) is 13.5. The summed E-state index contributed by atoms with van der Waals surface area (Å²) in [7, 11) is 1.57. The molecule has 0 spiro atoms. The molecule has 0 fully saturated rings. The maximum Gasteiger partial charge on any atom is 0.267 e. The molecule has 0 aliphatic rings. The highest BCUT2D eigenvalue weighted by molar-refractivity contribution is 6.31. The van der Waals surface area contributed by atoms with Gasteiger partial charge in [-0.05, 0) is 42.5 Å². The van der Waals surface area contributed by atoms with E-state index in [1.54, 1.807) is 49.6 Å². The van der Waals surface area contributed by atoms with Gasteiger partial charge in [0.25, 0.3) is 11.4 Å². The van der Waals surface area contributed by atoms with Crippen LogP contribution in [0.25, 0.3) is 33.7 Å². The van der Waals surface area contributed by atoms with Crippen LogP contribution in [0.5, 0.6) is 11.5 Å². The first-order valence-electron chi connectivity index (χ1n) is 7.60. The van der Waals surface area contributed by atoms with Crippen molar-refractivity contribution in [3.05, 3.63) is 57.8 Å². The number of hydrogen-bond donors (Lipinski definition) is 2. The number of rotatable bonds is 3. The predicted molar refractivity (Wildman–Crippen MR) is 96.5 cm³/mol. The van der Waals surface area contributed by atoms with Crippen LogP contribution in [0.4, 0.5) is 0 Å². The first kappa shape index (κ1) is 16.2. The number of aromatic amines is 1. The molecule has 2 heterocycles. The van der Waals surface area contributed by atoms with Gasteiger partial charge in [0.1, 0.15) is 17.1 Å². The van der Waals surface area contributed by atoms with Gasteiger partial charge in [-0.3, -0.25) is 4.79 Å². The van der Waals surface area contributed by atoms with E-state index in [-0.39, 0.29) is 23.0 Å². The molecule has 0 unspecified atom stereocenters. The maximum atomic E-state index is 12.4. The number of hydrogen-bond acceptors (Lipinski definition) is 6. The van der Waals surface area contributed by atoms with E-state index >= 15 is 0 Å². The Balaban J connectivity index is 1.83. The molecule has 0 amide bonds. The molecule has 4 aromatic rings. The Morgan fingerprint density at radius 1 is 1.19 bits per heavy atom. The summed E-state index contributed by atoms with van der Waals surface area (Å²) in [6.45, 7) is 0. The zero-order valence-corrected chi connectivity index (χ0v) is 14.2. The standard InChI is InChI=1S/C18H12ClN3O4/c1-25-11-5-2-9(3-6-11)16-21-18(26-22-16)14-15(23)12-8-10(19)4-7-13(12)20-17(14)24/h2-8H,1H3,(H2,20,23,24). The zero-order chi connectivity index (χ0) is 18.3. The molecule has 0 saturated carbocycles. The van der Waals surface area contributed by atoms with Crippen molar-refractivity contribution >= 4 is 22.5 Å². The molecule has 0 atom stereocenters. The van der Waals surface area contributed by atoms with Gasteiger partial charge in [-0.15, -0.1) is 0 Å². The highest BCUT2D eigenvalue weighted by Crippen LogP contribution is 2.33. The van der Waals surface area contributed by atoms with Crippen LogP contribution in [-0.2, 0) is 0 Å². The Bertz CT molecular complexity index is 1170. The lowest BCUT2D eigenvalue weighted by Crippen LogP contribution is -2.09. The molecular weight excluding hydrogens is 358 g/mol. The number of aromatic nitrogens is 3. The number of ether oxygens (including phenoxy) is 1. The Labute approximate surface area is 151 Å². The van der Waals surface area contributed by atoms with E-state index in [2.05, 4.69) is 15.1 Å². The van der Waals surface area contributed by atoms with Crippen LogP contribution in [0, 0.1) is 0 Å². The molecule has 7 nitrogen and oxygen atoms in total. The average Bonchev–Trinajstić information content (AvgIpc) is 3.12. The van der Waals surface area contributed by atoms with E-state index in [4.69, 9.17) is 20.9 Å². The van der Waals surface area contributed by atoms with Crippen LogP contribution in [0.15, 0.2) is 51.8 Å². The highest BCUT2D eigenvalue weighted by Gasteiger charge is 2.20. The van der Waals surface area contributed by atoms with Gasteiger partial charge in [0.05, 0.1) is 12.6 Å². The summed E-state index contributed by atoms with van der Waals surface area (Å²) in [4.78, 5) is 19.3. The second kappa shape index (κ2) is 6.20. The van der Waals surface area contributed by atoms with Crippen molar-refractivity contribution in [3.63, 3.8) is 0 Å². The number of H-pyrrole nitrogens is 1. The van der Waals surface area contributed by atoms with E-state index < -0.39 is 5.56 Å². The fourth-order valence-electron chi connectivity index (χ4n) is 2.63. The van der Waals surface area contributed by atoms with Crippen LogP contribution in [0.3, 0.4) is 0 Å². The van der Waals surface area contributed by atoms with Crippen LogP contribution >= 0.6 is 11.6 Å². The minimum Gasteiger partial charge on any atom is -0.506 e. The fraction of sp³-hybridized carbons (Fsp3) is 0.0556.